The van der Waals surface area contributed by atoms with Gasteiger partial charge in [-0.3, -0.25) is 9.59 Å². The molecule has 0 unspecified atom stereocenters. The van der Waals surface area contributed by atoms with Gasteiger partial charge in [-0.1, -0.05) is 42.1 Å². The standard InChI is InChI=1S/C19H24N8O2S/c1-13-10-14(2)27(24-13)18-22-23-19(26(18)21)30-12-17(29)25(9-8-16(20)28)11-15-6-4-3-5-7-15/h3-7,10H,8-9,11-12,21H2,1-2H3,(H2,20,28). The lowest BCUT2D eigenvalue weighted by Gasteiger charge is -2.22. The maximum atomic E-state index is 12.8. The second-order valence-corrected chi connectivity index (χ2v) is 7.74. The van der Waals surface area contributed by atoms with Crippen molar-refractivity contribution in [1.29, 1.82) is 0 Å². The van der Waals surface area contributed by atoms with Crippen LogP contribution < -0.4 is 11.6 Å². The highest BCUT2D eigenvalue weighted by Crippen LogP contribution is 2.19. The summed E-state index contributed by atoms with van der Waals surface area (Å²) in [5, 5.41) is 12.9. The van der Waals surface area contributed by atoms with E-state index in [1.165, 1.54) is 16.4 Å². The number of hydrogen-bond acceptors (Lipinski definition) is 7. The highest BCUT2D eigenvalue weighted by Gasteiger charge is 2.19. The summed E-state index contributed by atoms with van der Waals surface area (Å²) in [6, 6.07) is 11.5. The Balaban J connectivity index is 1.68. The lowest BCUT2D eigenvalue weighted by Crippen LogP contribution is -2.35. The molecule has 158 valence electrons. The Labute approximate surface area is 178 Å². The fraction of sp³-hybridized carbons (Fsp3) is 0.316. The van der Waals surface area contributed by atoms with E-state index in [4.69, 9.17) is 11.6 Å². The number of nitrogen functional groups attached to an aromatic ring is 1. The molecule has 0 saturated heterocycles. The van der Waals surface area contributed by atoms with Crippen LogP contribution in [0.1, 0.15) is 23.4 Å². The van der Waals surface area contributed by atoms with Gasteiger partial charge in [0.2, 0.25) is 17.0 Å². The van der Waals surface area contributed by atoms with Crippen LogP contribution in [0.4, 0.5) is 0 Å². The van der Waals surface area contributed by atoms with Crippen LogP contribution in [-0.4, -0.2) is 53.7 Å². The largest absolute Gasteiger partial charge is 0.370 e. The molecule has 2 amide bonds. The topological polar surface area (TPSA) is 138 Å². The molecule has 0 saturated carbocycles. The van der Waals surface area contributed by atoms with Gasteiger partial charge in [-0.2, -0.15) is 5.10 Å². The Morgan fingerprint density at radius 1 is 1.17 bits per heavy atom. The van der Waals surface area contributed by atoms with Crippen LogP contribution in [0.25, 0.3) is 5.95 Å². The molecule has 2 heterocycles. The maximum absolute atomic E-state index is 12.8. The van der Waals surface area contributed by atoms with E-state index in [0.717, 1.165) is 17.0 Å². The predicted molar refractivity (Wildman–Crippen MR) is 113 cm³/mol. The minimum atomic E-state index is -0.454. The Morgan fingerprint density at radius 2 is 1.90 bits per heavy atom. The van der Waals surface area contributed by atoms with Gasteiger partial charge in [0.05, 0.1) is 11.4 Å². The van der Waals surface area contributed by atoms with Gasteiger partial charge < -0.3 is 16.5 Å². The van der Waals surface area contributed by atoms with Crippen molar-refractivity contribution in [3.05, 3.63) is 53.3 Å². The molecule has 0 radical (unpaired) electrons. The van der Waals surface area contributed by atoms with E-state index < -0.39 is 5.91 Å². The van der Waals surface area contributed by atoms with Gasteiger partial charge >= 0.3 is 0 Å². The molecular formula is C19H24N8O2S. The second-order valence-electron chi connectivity index (χ2n) is 6.80. The third kappa shape index (κ3) is 5.17. The second kappa shape index (κ2) is 9.44. The number of amides is 2. The van der Waals surface area contributed by atoms with E-state index in [9.17, 15) is 9.59 Å². The Kier molecular flexibility index (Phi) is 6.72. The van der Waals surface area contributed by atoms with Gasteiger partial charge in [0.25, 0.3) is 5.95 Å². The van der Waals surface area contributed by atoms with Gasteiger partial charge in [-0.15, -0.1) is 10.2 Å². The molecule has 3 rings (SSSR count). The number of nitrogens with two attached hydrogens (primary N) is 2. The van der Waals surface area contributed by atoms with Gasteiger partial charge in [0.15, 0.2) is 0 Å². The number of primary amides is 1. The van der Waals surface area contributed by atoms with E-state index in [1.54, 1.807) is 9.58 Å². The molecule has 30 heavy (non-hydrogen) atoms. The molecule has 11 heteroatoms. The Bertz CT molecular complexity index is 1030. The van der Waals surface area contributed by atoms with Crippen molar-refractivity contribution in [1.82, 2.24) is 29.6 Å². The van der Waals surface area contributed by atoms with E-state index in [2.05, 4.69) is 15.3 Å². The van der Waals surface area contributed by atoms with Crippen LogP contribution in [0, 0.1) is 13.8 Å². The highest BCUT2D eigenvalue weighted by molar-refractivity contribution is 7.99. The van der Waals surface area contributed by atoms with E-state index in [-0.39, 0.29) is 24.6 Å². The molecule has 0 aliphatic heterocycles. The van der Waals surface area contributed by atoms with Crippen molar-refractivity contribution in [3.8, 4) is 5.95 Å². The van der Waals surface area contributed by atoms with Crippen molar-refractivity contribution >= 4 is 23.6 Å². The molecule has 2 aromatic heterocycles. The SMILES string of the molecule is Cc1cc(C)n(-c2nnc(SCC(=O)N(CCC(N)=O)Cc3ccccc3)n2N)n1. The molecule has 0 fully saturated rings. The molecule has 0 aliphatic carbocycles. The number of hydrogen-bond donors (Lipinski definition) is 2. The molecule has 0 atom stereocenters. The molecule has 0 bridgehead atoms. The zero-order valence-corrected chi connectivity index (χ0v) is 17.7. The summed E-state index contributed by atoms with van der Waals surface area (Å²) < 4.78 is 2.91. The third-order valence-electron chi connectivity index (χ3n) is 4.37. The first-order chi connectivity index (χ1) is 14.3. The first-order valence-electron chi connectivity index (χ1n) is 9.32. The number of rotatable bonds is 9. The molecule has 0 aliphatic rings. The van der Waals surface area contributed by atoms with Crippen LogP contribution >= 0.6 is 11.8 Å². The number of benzene rings is 1. The van der Waals surface area contributed by atoms with Crippen molar-refractivity contribution in [2.45, 2.75) is 32.0 Å². The maximum Gasteiger partial charge on any atom is 0.271 e. The van der Waals surface area contributed by atoms with Crippen LogP contribution in [0.15, 0.2) is 41.6 Å². The van der Waals surface area contributed by atoms with Crippen LogP contribution in [0.3, 0.4) is 0 Å². The number of nitrogens with zero attached hydrogens (tertiary/aromatic N) is 6. The number of aryl methyl sites for hydroxylation is 2. The van der Waals surface area contributed by atoms with Gasteiger partial charge in [0, 0.05) is 25.2 Å². The van der Waals surface area contributed by atoms with Crippen LogP contribution in [0.2, 0.25) is 0 Å². The summed E-state index contributed by atoms with van der Waals surface area (Å²) in [6.45, 7) is 4.41. The Hall–Kier alpha value is -3.34. The zero-order chi connectivity index (χ0) is 21.7. The van der Waals surface area contributed by atoms with Gasteiger partial charge in [-0.05, 0) is 25.5 Å². The average Bonchev–Trinajstić information content (AvgIpc) is 3.24. The van der Waals surface area contributed by atoms with Gasteiger partial charge in [0.1, 0.15) is 0 Å². The lowest BCUT2D eigenvalue weighted by atomic mass is 10.2. The fourth-order valence-corrected chi connectivity index (χ4v) is 3.66. The molecule has 0 spiro atoms. The minimum absolute atomic E-state index is 0.0953. The van der Waals surface area contributed by atoms with E-state index in [0.29, 0.717) is 17.6 Å². The smallest absolute Gasteiger partial charge is 0.271 e. The molecule has 4 N–H and O–H groups in total. The van der Waals surface area contributed by atoms with Crippen LogP contribution in [-0.2, 0) is 16.1 Å². The minimum Gasteiger partial charge on any atom is -0.370 e. The average molecular weight is 429 g/mol. The number of carbonyl (C=O) groups excluding carboxylic acids is 2. The summed E-state index contributed by atoms with van der Waals surface area (Å²) in [7, 11) is 0. The Morgan fingerprint density at radius 3 is 2.53 bits per heavy atom. The molecule has 3 aromatic rings. The third-order valence-corrected chi connectivity index (χ3v) is 5.30. The predicted octanol–water partition coefficient (Wildman–Crippen LogP) is 0.791. The summed E-state index contributed by atoms with van der Waals surface area (Å²) in [5.41, 5.74) is 7.94. The summed E-state index contributed by atoms with van der Waals surface area (Å²) >= 11 is 1.17. The summed E-state index contributed by atoms with van der Waals surface area (Å²) in [4.78, 5) is 25.6. The van der Waals surface area contributed by atoms with Crippen molar-refractivity contribution in [2.75, 3.05) is 18.1 Å². The lowest BCUT2D eigenvalue weighted by molar-refractivity contribution is -0.129. The molecule has 1 aromatic carbocycles. The first kappa shape index (κ1) is 21.4. The number of thioether (sulfide) groups is 1. The zero-order valence-electron chi connectivity index (χ0n) is 16.9. The highest BCUT2D eigenvalue weighted by atomic mass is 32.2. The van der Waals surface area contributed by atoms with Crippen molar-refractivity contribution in [3.63, 3.8) is 0 Å². The monoisotopic (exact) mass is 428 g/mol. The number of carbonyl (C=O) groups is 2. The summed E-state index contributed by atoms with van der Waals surface area (Å²) in [6.07, 6.45) is 0.0956. The van der Waals surface area contributed by atoms with Crippen molar-refractivity contribution < 1.29 is 9.59 Å². The van der Waals surface area contributed by atoms with Crippen molar-refractivity contribution in [2.24, 2.45) is 5.73 Å². The van der Waals surface area contributed by atoms with E-state index >= 15 is 0 Å². The molecule has 10 nitrogen and oxygen atoms in total. The molecular weight excluding hydrogens is 404 g/mol. The quantitative estimate of drug-likeness (QED) is 0.379. The van der Waals surface area contributed by atoms with Gasteiger partial charge in [-0.25, -0.2) is 9.36 Å². The summed E-state index contributed by atoms with van der Waals surface area (Å²) in [5.74, 6) is 5.98. The van der Waals surface area contributed by atoms with E-state index in [1.807, 2.05) is 50.2 Å². The fourth-order valence-electron chi connectivity index (χ4n) is 2.90. The number of aromatic nitrogens is 5. The first-order valence-corrected chi connectivity index (χ1v) is 10.3. The normalized spacial score (nSPS) is 10.9. The van der Waals surface area contributed by atoms with Crippen LogP contribution in [0.5, 0.6) is 0 Å².